The molecule has 0 saturated heterocycles. The predicted octanol–water partition coefficient (Wildman–Crippen LogP) is 5.99. The van der Waals surface area contributed by atoms with Crippen molar-refractivity contribution < 1.29 is 9.59 Å². The number of hydrogen-bond donors (Lipinski definition) is 3. The summed E-state index contributed by atoms with van der Waals surface area (Å²) < 4.78 is 1.72. The summed E-state index contributed by atoms with van der Waals surface area (Å²) in [6.07, 6.45) is 1.54. The number of nitrogens with one attached hydrogen (secondary N) is 3. The van der Waals surface area contributed by atoms with E-state index in [4.69, 9.17) is 0 Å². The molecule has 186 valence electrons. The van der Waals surface area contributed by atoms with Crippen LogP contribution in [0.4, 0.5) is 17.2 Å². The lowest BCUT2D eigenvalue weighted by atomic mass is 9.93. The molecule has 0 radical (unpaired) electrons. The van der Waals surface area contributed by atoms with Crippen molar-refractivity contribution in [1.82, 2.24) is 9.78 Å². The van der Waals surface area contributed by atoms with Crippen molar-refractivity contribution in [3.63, 3.8) is 0 Å². The Morgan fingerprint density at radius 3 is 2.32 bits per heavy atom. The number of para-hydroxylation sites is 1. The number of allylic oxidation sites excluding steroid dienone is 1. The summed E-state index contributed by atoms with van der Waals surface area (Å²) in [4.78, 5) is 26.9. The monoisotopic (exact) mass is 491 g/mol. The van der Waals surface area contributed by atoms with Gasteiger partial charge >= 0.3 is 0 Å². The van der Waals surface area contributed by atoms with E-state index in [1.54, 1.807) is 10.9 Å². The third kappa shape index (κ3) is 4.76. The first-order valence-corrected chi connectivity index (χ1v) is 12.2. The van der Waals surface area contributed by atoms with Gasteiger partial charge in [0.1, 0.15) is 17.4 Å². The standard InChI is InChI=1S/C30H29N5O2/c1-18-9-8-10-22(16-18)27-26(30(37)34-25-14-13-19(2)15-20(25)3)21(4)32-28-24(17-31-35(27)28)29(36)33-23-11-6-5-7-12-23/h5-17,27,32H,1-4H3,(H,33,36)(H,34,37). The topological polar surface area (TPSA) is 88.0 Å². The minimum atomic E-state index is -0.514. The van der Waals surface area contributed by atoms with E-state index in [0.29, 0.717) is 28.3 Å². The van der Waals surface area contributed by atoms with Crippen molar-refractivity contribution in [2.45, 2.75) is 33.7 Å². The Morgan fingerprint density at radius 1 is 0.838 bits per heavy atom. The average Bonchev–Trinajstić information content (AvgIpc) is 3.29. The first-order valence-electron chi connectivity index (χ1n) is 12.2. The van der Waals surface area contributed by atoms with Gasteiger partial charge in [-0.1, -0.05) is 65.7 Å². The molecule has 1 aliphatic rings. The van der Waals surface area contributed by atoms with Gasteiger partial charge in [-0.2, -0.15) is 5.10 Å². The summed E-state index contributed by atoms with van der Waals surface area (Å²) in [7, 11) is 0. The highest BCUT2D eigenvalue weighted by molar-refractivity contribution is 6.09. The number of anilines is 3. The number of amides is 2. The normalized spacial score (nSPS) is 14.5. The molecule has 3 aromatic carbocycles. The maximum atomic E-state index is 13.7. The molecule has 0 fully saturated rings. The van der Waals surface area contributed by atoms with Gasteiger partial charge in [-0.05, 0) is 57.0 Å². The molecule has 4 aromatic rings. The smallest absolute Gasteiger partial charge is 0.261 e. The Kier molecular flexibility index (Phi) is 6.36. The molecule has 0 saturated carbocycles. The minimum Gasteiger partial charge on any atom is -0.343 e. The Balaban J connectivity index is 1.55. The van der Waals surface area contributed by atoms with Crippen molar-refractivity contribution >= 4 is 29.0 Å². The van der Waals surface area contributed by atoms with Gasteiger partial charge in [0.2, 0.25) is 0 Å². The van der Waals surface area contributed by atoms with E-state index in [-0.39, 0.29) is 11.8 Å². The van der Waals surface area contributed by atoms with E-state index in [1.807, 2.05) is 100 Å². The molecule has 0 bridgehead atoms. The van der Waals surface area contributed by atoms with E-state index in [2.05, 4.69) is 21.0 Å². The number of aryl methyl sites for hydroxylation is 3. The zero-order valence-corrected chi connectivity index (χ0v) is 21.3. The molecule has 0 spiro atoms. The number of benzene rings is 3. The molecule has 37 heavy (non-hydrogen) atoms. The molecular weight excluding hydrogens is 462 g/mol. The second-order valence-electron chi connectivity index (χ2n) is 9.42. The summed E-state index contributed by atoms with van der Waals surface area (Å²) >= 11 is 0. The zero-order valence-electron chi connectivity index (χ0n) is 21.3. The van der Waals surface area contributed by atoms with Crippen LogP contribution in [0.3, 0.4) is 0 Å². The lowest BCUT2D eigenvalue weighted by Crippen LogP contribution is -2.32. The van der Waals surface area contributed by atoms with Crippen LogP contribution in [-0.4, -0.2) is 21.6 Å². The van der Waals surface area contributed by atoms with Crippen LogP contribution in [0.2, 0.25) is 0 Å². The minimum absolute atomic E-state index is 0.222. The number of carbonyl (C=O) groups is 2. The van der Waals surface area contributed by atoms with Crippen LogP contribution in [0.25, 0.3) is 0 Å². The molecule has 0 aliphatic carbocycles. The summed E-state index contributed by atoms with van der Waals surface area (Å²) in [5, 5.41) is 13.9. The number of aromatic nitrogens is 2. The fourth-order valence-corrected chi connectivity index (χ4v) is 4.73. The molecule has 3 N–H and O–H groups in total. The van der Waals surface area contributed by atoms with Gasteiger partial charge in [-0.3, -0.25) is 9.59 Å². The average molecular weight is 492 g/mol. The van der Waals surface area contributed by atoms with Crippen molar-refractivity contribution in [1.29, 1.82) is 0 Å². The van der Waals surface area contributed by atoms with Gasteiger partial charge in [0, 0.05) is 17.1 Å². The van der Waals surface area contributed by atoms with Gasteiger partial charge in [-0.25, -0.2) is 4.68 Å². The molecule has 1 unspecified atom stereocenters. The summed E-state index contributed by atoms with van der Waals surface area (Å²) in [6.45, 7) is 7.87. The number of nitrogens with zero attached hydrogens (tertiary/aromatic N) is 2. The van der Waals surface area contributed by atoms with Gasteiger partial charge in [0.25, 0.3) is 11.8 Å². The quantitative estimate of drug-likeness (QED) is 0.320. The number of carbonyl (C=O) groups excluding carboxylic acids is 2. The molecule has 2 heterocycles. The Labute approximate surface area is 216 Å². The van der Waals surface area contributed by atoms with Gasteiger partial charge in [0.15, 0.2) is 0 Å². The molecule has 5 rings (SSSR count). The van der Waals surface area contributed by atoms with Gasteiger partial charge in [0.05, 0.1) is 11.8 Å². The largest absolute Gasteiger partial charge is 0.343 e. The van der Waals surface area contributed by atoms with E-state index < -0.39 is 6.04 Å². The number of rotatable bonds is 5. The maximum absolute atomic E-state index is 13.7. The lowest BCUT2D eigenvalue weighted by molar-refractivity contribution is -0.113. The fourth-order valence-electron chi connectivity index (χ4n) is 4.73. The zero-order chi connectivity index (χ0) is 26.1. The highest BCUT2D eigenvalue weighted by atomic mass is 16.2. The summed E-state index contributed by atoms with van der Waals surface area (Å²) in [5.74, 6) is 0.0410. The van der Waals surface area contributed by atoms with E-state index in [0.717, 1.165) is 27.9 Å². The number of fused-ring (bicyclic) bond motifs is 1. The molecular formula is C30H29N5O2. The van der Waals surface area contributed by atoms with Crippen molar-refractivity contribution in [2.24, 2.45) is 0 Å². The van der Waals surface area contributed by atoms with E-state index >= 15 is 0 Å². The Morgan fingerprint density at radius 2 is 1.59 bits per heavy atom. The van der Waals surface area contributed by atoms with Crippen LogP contribution in [0.5, 0.6) is 0 Å². The summed E-state index contributed by atoms with van der Waals surface area (Å²) in [6, 6.07) is 22.7. The molecule has 1 aliphatic heterocycles. The van der Waals surface area contributed by atoms with Crippen LogP contribution >= 0.6 is 0 Å². The van der Waals surface area contributed by atoms with Crippen LogP contribution in [0.15, 0.2) is 90.3 Å². The molecule has 2 amide bonds. The SMILES string of the molecule is CC1=C(C(=O)Nc2ccc(C)cc2C)C(c2cccc(C)c2)n2ncc(C(=O)Nc3ccccc3)c2N1. The van der Waals surface area contributed by atoms with Gasteiger partial charge < -0.3 is 16.0 Å². The molecule has 1 aromatic heterocycles. The van der Waals surface area contributed by atoms with Crippen molar-refractivity contribution in [2.75, 3.05) is 16.0 Å². The van der Waals surface area contributed by atoms with Gasteiger partial charge in [-0.15, -0.1) is 0 Å². The van der Waals surface area contributed by atoms with Crippen molar-refractivity contribution in [3.05, 3.63) is 118 Å². The second kappa shape index (κ2) is 9.78. The van der Waals surface area contributed by atoms with Crippen LogP contribution < -0.4 is 16.0 Å². The highest BCUT2D eigenvalue weighted by Gasteiger charge is 2.35. The summed E-state index contributed by atoms with van der Waals surface area (Å²) in [5.41, 5.74) is 7.14. The molecule has 7 nitrogen and oxygen atoms in total. The second-order valence-corrected chi connectivity index (χ2v) is 9.42. The molecule has 7 heteroatoms. The Hall–Kier alpha value is -4.65. The van der Waals surface area contributed by atoms with Crippen LogP contribution in [0.1, 0.15) is 45.6 Å². The highest BCUT2D eigenvalue weighted by Crippen LogP contribution is 2.38. The van der Waals surface area contributed by atoms with E-state index in [1.165, 1.54) is 0 Å². The lowest BCUT2D eigenvalue weighted by Gasteiger charge is -2.30. The third-order valence-electron chi connectivity index (χ3n) is 6.53. The molecule has 1 atom stereocenters. The third-order valence-corrected chi connectivity index (χ3v) is 6.53. The Bertz CT molecular complexity index is 1530. The first kappa shape index (κ1) is 24.1. The predicted molar refractivity (Wildman–Crippen MR) is 147 cm³/mol. The fraction of sp³-hybridized carbons (Fsp3) is 0.167. The first-order chi connectivity index (χ1) is 17.8. The van der Waals surface area contributed by atoms with E-state index in [9.17, 15) is 9.59 Å². The van der Waals surface area contributed by atoms with Crippen LogP contribution in [-0.2, 0) is 4.79 Å². The van der Waals surface area contributed by atoms with Crippen LogP contribution in [0, 0.1) is 20.8 Å². The maximum Gasteiger partial charge on any atom is 0.261 e. The number of hydrogen-bond acceptors (Lipinski definition) is 4. The van der Waals surface area contributed by atoms with Crippen molar-refractivity contribution in [3.8, 4) is 0 Å².